The fourth-order valence-corrected chi connectivity index (χ4v) is 4.96. The van der Waals surface area contributed by atoms with Crippen LogP contribution in [0.3, 0.4) is 0 Å². The number of hydrogen-bond acceptors (Lipinski definition) is 5. The Hall–Kier alpha value is -4.08. The number of rotatable bonds is 6. The standard InChI is InChI=1S/C27H28F2N6O2/c1-17-13-33(16-30-17)22-10-9-18(11-24(22)37-4)20-14-35(32-31-20)23-12-27(2,3)19-7-5-6-8-21(19)34(26(23)36)15-25(28)29/h5-11,13-14,16,23,25H,12,15H2,1-4H3. The van der Waals surface area contributed by atoms with Gasteiger partial charge in [0.1, 0.15) is 17.5 Å². The van der Waals surface area contributed by atoms with Crippen molar-refractivity contribution in [2.45, 2.75) is 45.1 Å². The average molecular weight is 507 g/mol. The predicted octanol–water partition coefficient (Wildman–Crippen LogP) is 4.97. The van der Waals surface area contributed by atoms with Crippen LogP contribution in [0.2, 0.25) is 0 Å². The van der Waals surface area contributed by atoms with Gasteiger partial charge < -0.3 is 14.2 Å². The number of halogens is 2. The lowest BCUT2D eigenvalue weighted by atomic mass is 9.79. The Morgan fingerprint density at radius 3 is 2.62 bits per heavy atom. The number of alkyl halides is 2. The van der Waals surface area contributed by atoms with Crippen molar-refractivity contribution in [3.05, 3.63) is 72.4 Å². The summed E-state index contributed by atoms with van der Waals surface area (Å²) in [5.74, 6) is 0.188. The van der Waals surface area contributed by atoms with Gasteiger partial charge in [0.25, 0.3) is 12.3 Å². The van der Waals surface area contributed by atoms with Gasteiger partial charge in [-0.1, -0.05) is 43.3 Å². The minimum Gasteiger partial charge on any atom is -0.495 e. The molecule has 0 radical (unpaired) electrons. The van der Waals surface area contributed by atoms with Crippen molar-refractivity contribution in [2.75, 3.05) is 18.6 Å². The maximum Gasteiger partial charge on any atom is 0.256 e. The second kappa shape index (κ2) is 9.42. The van der Waals surface area contributed by atoms with Crippen molar-refractivity contribution in [1.82, 2.24) is 24.5 Å². The summed E-state index contributed by atoms with van der Waals surface area (Å²) in [6, 6.07) is 12.1. The largest absolute Gasteiger partial charge is 0.495 e. The molecule has 2 aromatic carbocycles. The second-order valence-electron chi connectivity index (χ2n) is 9.85. The number of para-hydroxylation sites is 1. The van der Waals surface area contributed by atoms with E-state index in [9.17, 15) is 13.6 Å². The van der Waals surface area contributed by atoms with Crippen LogP contribution in [0.4, 0.5) is 14.5 Å². The molecule has 1 aliphatic rings. The van der Waals surface area contributed by atoms with Gasteiger partial charge in [-0.3, -0.25) is 4.79 Å². The van der Waals surface area contributed by atoms with E-state index in [0.717, 1.165) is 22.5 Å². The van der Waals surface area contributed by atoms with Gasteiger partial charge >= 0.3 is 0 Å². The summed E-state index contributed by atoms with van der Waals surface area (Å²) in [5.41, 5.74) is 3.88. The highest BCUT2D eigenvalue weighted by Crippen LogP contribution is 2.43. The lowest BCUT2D eigenvalue weighted by molar-refractivity contribution is -0.122. The molecule has 1 aliphatic heterocycles. The monoisotopic (exact) mass is 506 g/mol. The van der Waals surface area contributed by atoms with E-state index in [1.54, 1.807) is 31.8 Å². The van der Waals surface area contributed by atoms with Crippen LogP contribution in [-0.2, 0) is 10.2 Å². The number of nitrogens with zero attached hydrogens (tertiary/aromatic N) is 6. The van der Waals surface area contributed by atoms with E-state index in [1.807, 2.05) is 61.9 Å². The molecule has 0 N–H and O–H groups in total. The first-order valence-electron chi connectivity index (χ1n) is 12.0. The molecule has 0 spiro atoms. The highest BCUT2D eigenvalue weighted by molar-refractivity contribution is 5.98. The van der Waals surface area contributed by atoms with E-state index in [0.29, 0.717) is 23.6 Å². The van der Waals surface area contributed by atoms with Gasteiger partial charge in [-0.15, -0.1) is 5.10 Å². The lowest BCUT2D eigenvalue weighted by Crippen LogP contribution is -2.40. The zero-order valence-electron chi connectivity index (χ0n) is 21.1. The minimum atomic E-state index is -2.67. The van der Waals surface area contributed by atoms with Crippen LogP contribution in [0, 0.1) is 6.92 Å². The number of carbonyl (C=O) groups is 1. The summed E-state index contributed by atoms with van der Waals surface area (Å²) in [5, 5.41) is 8.58. The van der Waals surface area contributed by atoms with Gasteiger partial charge in [0.05, 0.1) is 37.6 Å². The number of methoxy groups -OCH3 is 1. The summed E-state index contributed by atoms with van der Waals surface area (Å²) >= 11 is 0. The molecular weight excluding hydrogens is 478 g/mol. The Bertz CT molecular complexity index is 1440. The number of aromatic nitrogens is 5. The molecule has 5 rings (SSSR count). The lowest BCUT2D eigenvalue weighted by Gasteiger charge is -2.27. The van der Waals surface area contributed by atoms with Gasteiger partial charge in [-0.2, -0.15) is 0 Å². The van der Waals surface area contributed by atoms with Gasteiger partial charge in [0.15, 0.2) is 0 Å². The first kappa shape index (κ1) is 24.6. The topological polar surface area (TPSA) is 78.1 Å². The molecule has 10 heteroatoms. The van der Waals surface area contributed by atoms with E-state index >= 15 is 0 Å². The van der Waals surface area contributed by atoms with Gasteiger partial charge in [-0.25, -0.2) is 18.4 Å². The molecule has 0 fully saturated rings. The second-order valence-corrected chi connectivity index (χ2v) is 9.85. The Kier molecular flexibility index (Phi) is 6.26. The third-order valence-corrected chi connectivity index (χ3v) is 6.79. The molecule has 1 atom stereocenters. The number of anilines is 1. The summed E-state index contributed by atoms with van der Waals surface area (Å²) in [6.45, 7) is 5.25. The van der Waals surface area contributed by atoms with Crippen molar-refractivity contribution in [2.24, 2.45) is 0 Å². The number of amides is 1. The predicted molar refractivity (Wildman–Crippen MR) is 135 cm³/mol. The summed E-state index contributed by atoms with van der Waals surface area (Å²) in [4.78, 5) is 19.1. The Labute approximate surface area is 213 Å². The van der Waals surface area contributed by atoms with Crippen LogP contribution < -0.4 is 9.64 Å². The van der Waals surface area contributed by atoms with Crippen molar-refractivity contribution in [3.8, 4) is 22.7 Å². The molecule has 3 heterocycles. The maximum atomic E-state index is 13.7. The smallest absolute Gasteiger partial charge is 0.256 e. The third-order valence-electron chi connectivity index (χ3n) is 6.79. The molecule has 0 aliphatic carbocycles. The molecule has 4 aromatic rings. The first-order chi connectivity index (χ1) is 17.7. The first-order valence-corrected chi connectivity index (χ1v) is 12.0. The van der Waals surface area contributed by atoms with Crippen LogP contribution in [0.25, 0.3) is 16.9 Å². The van der Waals surface area contributed by atoms with E-state index in [1.165, 1.54) is 9.58 Å². The molecule has 0 bridgehead atoms. The highest BCUT2D eigenvalue weighted by Gasteiger charge is 2.41. The van der Waals surface area contributed by atoms with Crippen molar-refractivity contribution in [3.63, 3.8) is 0 Å². The molecule has 1 unspecified atom stereocenters. The van der Waals surface area contributed by atoms with Crippen LogP contribution in [0.1, 0.15) is 37.6 Å². The Balaban J connectivity index is 1.51. The van der Waals surface area contributed by atoms with Crippen LogP contribution >= 0.6 is 0 Å². The van der Waals surface area contributed by atoms with Gasteiger partial charge in [0.2, 0.25) is 0 Å². The normalized spacial score (nSPS) is 17.1. The number of fused-ring (bicyclic) bond motifs is 1. The molecule has 37 heavy (non-hydrogen) atoms. The zero-order valence-corrected chi connectivity index (χ0v) is 21.1. The Morgan fingerprint density at radius 1 is 1.14 bits per heavy atom. The minimum absolute atomic E-state index is 0.383. The number of aryl methyl sites for hydroxylation is 1. The molecule has 192 valence electrons. The summed E-state index contributed by atoms with van der Waals surface area (Å²) in [7, 11) is 1.59. The van der Waals surface area contributed by atoms with Crippen LogP contribution in [-0.4, -0.2) is 50.5 Å². The van der Waals surface area contributed by atoms with E-state index in [-0.39, 0.29) is 0 Å². The van der Waals surface area contributed by atoms with E-state index in [2.05, 4.69) is 15.3 Å². The Morgan fingerprint density at radius 2 is 1.92 bits per heavy atom. The average Bonchev–Trinajstić information content (AvgIpc) is 3.53. The van der Waals surface area contributed by atoms with Crippen LogP contribution in [0.15, 0.2) is 61.2 Å². The molecule has 8 nitrogen and oxygen atoms in total. The third kappa shape index (κ3) is 4.59. The molecule has 0 saturated heterocycles. The number of ether oxygens (including phenoxy) is 1. The van der Waals surface area contributed by atoms with Crippen molar-refractivity contribution < 1.29 is 18.3 Å². The van der Waals surface area contributed by atoms with Crippen LogP contribution in [0.5, 0.6) is 5.75 Å². The summed E-state index contributed by atoms with van der Waals surface area (Å²) in [6.07, 6.45) is 3.01. The summed E-state index contributed by atoms with van der Waals surface area (Å²) < 4.78 is 36.1. The van der Waals surface area contributed by atoms with E-state index < -0.39 is 30.3 Å². The fourth-order valence-electron chi connectivity index (χ4n) is 4.96. The molecule has 1 amide bonds. The van der Waals surface area contributed by atoms with Crippen molar-refractivity contribution >= 4 is 11.6 Å². The highest BCUT2D eigenvalue weighted by atomic mass is 19.3. The maximum absolute atomic E-state index is 13.7. The fraction of sp³-hybridized carbons (Fsp3) is 0.333. The van der Waals surface area contributed by atoms with Gasteiger partial charge in [-0.05, 0) is 42.5 Å². The quantitative estimate of drug-likeness (QED) is 0.369. The molecular formula is C27H28F2N6O2. The van der Waals surface area contributed by atoms with Gasteiger partial charge in [0, 0.05) is 17.4 Å². The number of carbonyl (C=O) groups excluding carboxylic acids is 1. The van der Waals surface area contributed by atoms with E-state index in [4.69, 9.17) is 4.74 Å². The number of hydrogen-bond donors (Lipinski definition) is 0. The number of imidazole rings is 1. The van der Waals surface area contributed by atoms with Crippen molar-refractivity contribution in [1.29, 1.82) is 0 Å². The zero-order chi connectivity index (χ0) is 26.3. The molecule has 2 aromatic heterocycles. The SMILES string of the molecule is COc1cc(-c2cn(C3CC(C)(C)c4ccccc4N(CC(F)F)C3=O)nn2)ccc1-n1cnc(C)c1. The molecule has 0 saturated carbocycles. The number of benzene rings is 2.